The molecular formula is C17H23N4O2+3. The molecule has 23 heavy (non-hydrogen) atoms. The summed E-state index contributed by atoms with van der Waals surface area (Å²) in [4.78, 5) is 16.6. The second kappa shape index (κ2) is 7.30. The van der Waals surface area contributed by atoms with E-state index >= 15 is 0 Å². The minimum absolute atomic E-state index is 0.165. The number of H-pyrrole nitrogens is 1. The molecule has 1 saturated heterocycles. The first-order valence-electron chi connectivity index (χ1n) is 8.06. The Labute approximate surface area is 135 Å². The maximum Gasteiger partial charge on any atom is 0.269 e. The van der Waals surface area contributed by atoms with E-state index in [1.165, 1.54) is 24.2 Å². The topological polar surface area (TPSA) is 66.2 Å². The van der Waals surface area contributed by atoms with E-state index in [1.807, 2.05) is 24.5 Å². The van der Waals surface area contributed by atoms with Crippen molar-refractivity contribution in [3.05, 3.63) is 70.0 Å². The first kappa shape index (κ1) is 15.6. The van der Waals surface area contributed by atoms with Gasteiger partial charge in [0.15, 0.2) is 12.4 Å². The van der Waals surface area contributed by atoms with Crippen molar-refractivity contribution in [2.45, 2.75) is 13.1 Å². The number of nitrogens with zero attached hydrogens (tertiary/aromatic N) is 1. The number of nitro benzene ring substituents is 1. The van der Waals surface area contributed by atoms with Crippen molar-refractivity contribution in [2.75, 3.05) is 26.2 Å². The average molecular weight is 315 g/mol. The van der Waals surface area contributed by atoms with Crippen molar-refractivity contribution in [1.82, 2.24) is 0 Å². The molecule has 0 atom stereocenters. The molecule has 0 spiro atoms. The first-order valence-corrected chi connectivity index (χ1v) is 8.06. The molecule has 1 aromatic heterocycles. The number of benzene rings is 1. The van der Waals surface area contributed by atoms with Gasteiger partial charge < -0.3 is 9.80 Å². The molecule has 2 heterocycles. The first-order chi connectivity index (χ1) is 11.2. The molecular weight excluding hydrogens is 292 g/mol. The summed E-state index contributed by atoms with van der Waals surface area (Å²) in [6.07, 6.45) is 3.95. The fraction of sp³-hybridized carbons (Fsp3) is 0.353. The Bertz CT molecular complexity index is 637. The van der Waals surface area contributed by atoms with E-state index in [9.17, 15) is 10.1 Å². The Kier molecular flexibility index (Phi) is 4.95. The second-order valence-corrected chi connectivity index (χ2v) is 6.19. The Morgan fingerprint density at radius 3 is 1.83 bits per heavy atom. The van der Waals surface area contributed by atoms with Gasteiger partial charge in [0.25, 0.3) is 5.69 Å². The zero-order chi connectivity index (χ0) is 16.1. The van der Waals surface area contributed by atoms with Crippen molar-refractivity contribution < 1.29 is 19.7 Å². The van der Waals surface area contributed by atoms with E-state index < -0.39 is 0 Å². The van der Waals surface area contributed by atoms with Gasteiger partial charge in [0.1, 0.15) is 39.3 Å². The van der Waals surface area contributed by atoms with Crippen molar-refractivity contribution in [2.24, 2.45) is 0 Å². The van der Waals surface area contributed by atoms with Gasteiger partial charge in [-0.2, -0.15) is 0 Å². The summed E-state index contributed by atoms with van der Waals surface area (Å²) in [5.74, 6) is 0. The molecule has 1 fully saturated rings. The number of nitrogens with one attached hydrogen (secondary N) is 3. The van der Waals surface area contributed by atoms with Crippen LogP contribution >= 0.6 is 0 Å². The maximum absolute atomic E-state index is 10.7. The summed E-state index contributed by atoms with van der Waals surface area (Å²) in [6, 6.07) is 11.2. The molecule has 1 aliphatic rings. The fourth-order valence-corrected chi connectivity index (χ4v) is 3.16. The van der Waals surface area contributed by atoms with Gasteiger partial charge in [-0.15, -0.1) is 0 Å². The Morgan fingerprint density at radius 2 is 1.35 bits per heavy atom. The second-order valence-electron chi connectivity index (χ2n) is 6.19. The predicted molar refractivity (Wildman–Crippen MR) is 84.9 cm³/mol. The molecule has 6 heteroatoms. The minimum atomic E-state index is -0.347. The van der Waals surface area contributed by atoms with Gasteiger partial charge in [0, 0.05) is 35.4 Å². The number of pyridine rings is 1. The molecule has 0 unspecified atom stereocenters. The number of quaternary nitrogens is 2. The van der Waals surface area contributed by atoms with Crippen LogP contribution in [0.2, 0.25) is 0 Å². The Morgan fingerprint density at radius 1 is 0.870 bits per heavy atom. The highest BCUT2D eigenvalue weighted by atomic mass is 16.6. The number of hydrogen-bond acceptors (Lipinski definition) is 2. The fourth-order valence-electron chi connectivity index (χ4n) is 3.16. The molecule has 120 valence electrons. The van der Waals surface area contributed by atoms with E-state index in [0.29, 0.717) is 0 Å². The van der Waals surface area contributed by atoms with E-state index in [2.05, 4.69) is 17.1 Å². The van der Waals surface area contributed by atoms with Gasteiger partial charge in [0.2, 0.25) is 0 Å². The third kappa shape index (κ3) is 4.34. The number of piperazine rings is 1. The normalized spacial score (nSPS) is 21.0. The highest BCUT2D eigenvalue weighted by Crippen LogP contribution is 2.11. The predicted octanol–water partition coefficient (Wildman–Crippen LogP) is -1.11. The Balaban J connectivity index is 1.48. The van der Waals surface area contributed by atoms with Crippen molar-refractivity contribution >= 4 is 5.69 Å². The van der Waals surface area contributed by atoms with E-state index in [1.54, 1.807) is 21.9 Å². The van der Waals surface area contributed by atoms with E-state index in [0.717, 1.165) is 26.2 Å². The summed E-state index contributed by atoms with van der Waals surface area (Å²) >= 11 is 0. The molecule has 0 radical (unpaired) electrons. The van der Waals surface area contributed by atoms with Crippen LogP contribution in [0.15, 0.2) is 48.8 Å². The van der Waals surface area contributed by atoms with Crippen molar-refractivity contribution in [3.63, 3.8) is 0 Å². The zero-order valence-corrected chi connectivity index (χ0v) is 13.1. The van der Waals surface area contributed by atoms with Crippen LogP contribution in [0, 0.1) is 10.1 Å². The molecule has 0 aliphatic carbocycles. The summed E-state index contributed by atoms with van der Waals surface area (Å²) in [6.45, 7) is 6.66. The zero-order valence-electron chi connectivity index (χ0n) is 13.1. The summed E-state index contributed by atoms with van der Waals surface area (Å²) in [5.41, 5.74) is 2.71. The van der Waals surface area contributed by atoms with Crippen LogP contribution in [0.3, 0.4) is 0 Å². The minimum Gasteiger partial charge on any atom is -0.322 e. The number of nitro groups is 1. The lowest BCUT2D eigenvalue weighted by atomic mass is 10.1. The van der Waals surface area contributed by atoms with Gasteiger partial charge in [-0.3, -0.25) is 10.1 Å². The van der Waals surface area contributed by atoms with Gasteiger partial charge in [-0.1, -0.05) is 0 Å². The monoisotopic (exact) mass is 315 g/mol. The SMILES string of the molecule is O=[N+]([O-])c1ccc(C[NH+]2CC[NH+](Cc3cc[nH+]cc3)CC2)cc1. The van der Waals surface area contributed by atoms with Crippen molar-refractivity contribution in [1.29, 1.82) is 0 Å². The van der Waals surface area contributed by atoms with Gasteiger partial charge in [0.05, 0.1) is 4.92 Å². The number of hydrogen-bond donors (Lipinski definition) is 2. The van der Waals surface area contributed by atoms with Crippen LogP contribution in [-0.4, -0.2) is 31.1 Å². The van der Waals surface area contributed by atoms with Crippen LogP contribution in [0.4, 0.5) is 5.69 Å². The number of rotatable bonds is 5. The molecule has 0 bridgehead atoms. The van der Waals surface area contributed by atoms with Crippen LogP contribution in [0.25, 0.3) is 0 Å². The van der Waals surface area contributed by atoms with Gasteiger partial charge >= 0.3 is 0 Å². The van der Waals surface area contributed by atoms with Crippen molar-refractivity contribution in [3.8, 4) is 0 Å². The van der Waals surface area contributed by atoms with Gasteiger partial charge in [-0.25, -0.2) is 4.98 Å². The largest absolute Gasteiger partial charge is 0.322 e. The lowest BCUT2D eigenvalue weighted by Crippen LogP contribution is -3.27. The molecule has 1 aromatic carbocycles. The number of aromatic nitrogens is 1. The lowest BCUT2D eigenvalue weighted by Gasteiger charge is -2.29. The lowest BCUT2D eigenvalue weighted by molar-refractivity contribution is -1.02. The summed E-state index contributed by atoms with van der Waals surface area (Å²) < 4.78 is 0. The molecule has 1 aliphatic heterocycles. The van der Waals surface area contributed by atoms with Gasteiger partial charge in [-0.05, 0) is 12.1 Å². The van der Waals surface area contributed by atoms with E-state index in [4.69, 9.17) is 0 Å². The highest BCUT2D eigenvalue weighted by Gasteiger charge is 2.23. The van der Waals surface area contributed by atoms with Crippen LogP contribution < -0.4 is 14.8 Å². The molecule has 0 amide bonds. The van der Waals surface area contributed by atoms with Crippen LogP contribution in [0.1, 0.15) is 11.1 Å². The molecule has 0 saturated carbocycles. The number of aromatic amines is 1. The third-order valence-corrected chi connectivity index (χ3v) is 4.51. The van der Waals surface area contributed by atoms with Crippen LogP contribution in [-0.2, 0) is 13.1 Å². The third-order valence-electron chi connectivity index (χ3n) is 4.51. The standard InChI is InChI=1S/C17H20N4O2/c22-21(23)17-3-1-15(2-4-17)13-19-9-11-20(12-10-19)14-16-5-7-18-8-6-16/h1-8H,9-14H2/p+3. The molecule has 3 rings (SSSR count). The quantitative estimate of drug-likeness (QED) is 0.543. The average Bonchev–Trinajstić information content (AvgIpc) is 2.58. The molecule has 3 N–H and O–H groups in total. The summed E-state index contributed by atoms with van der Waals surface area (Å²) in [7, 11) is 0. The molecule has 6 nitrogen and oxygen atoms in total. The molecule has 2 aromatic rings. The Hall–Kier alpha value is -2.31. The highest BCUT2D eigenvalue weighted by molar-refractivity contribution is 5.32. The van der Waals surface area contributed by atoms with Crippen LogP contribution in [0.5, 0.6) is 0 Å². The smallest absolute Gasteiger partial charge is 0.269 e. The summed E-state index contributed by atoms with van der Waals surface area (Å²) in [5, 5.41) is 10.7. The maximum atomic E-state index is 10.7. The number of non-ortho nitro benzene ring substituents is 1. The van der Waals surface area contributed by atoms with E-state index in [-0.39, 0.29) is 10.6 Å².